The topological polar surface area (TPSA) is 76.8 Å². The molecule has 1 N–H and O–H groups in total. The van der Waals surface area contributed by atoms with Crippen molar-refractivity contribution in [1.29, 1.82) is 0 Å². The van der Waals surface area contributed by atoms with Crippen LogP contribution in [-0.2, 0) is 12.8 Å². The van der Waals surface area contributed by atoms with Gasteiger partial charge in [0.1, 0.15) is 18.0 Å². The first-order valence-electron chi connectivity index (χ1n) is 8.95. The van der Waals surface area contributed by atoms with Crippen LogP contribution in [0.1, 0.15) is 16.7 Å². The van der Waals surface area contributed by atoms with Crippen molar-refractivity contribution < 1.29 is 22.8 Å². The highest BCUT2D eigenvalue weighted by Crippen LogP contribution is 2.35. The minimum absolute atomic E-state index is 0.150. The van der Waals surface area contributed by atoms with Gasteiger partial charge in [0.25, 0.3) is 5.69 Å². The van der Waals surface area contributed by atoms with Crippen LogP contribution in [0.5, 0.6) is 5.75 Å². The van der Waals surface area contributed by atoms with E-state index < -0.39 is 22.4 Å². The molecule has 0 fully saturated rings. The summed E-state index contributed by atoms with van der Waals surface area (Å²) in [4.78, 5) is 10.2. The molecule has 11 heteroatoms. The van der Waals surface area contributed by atoms with Gasteiger partial charge in [-0.3, -0.25) is 15.5 Å². The van der Waals surface area contributed by atoms with Crippen LogP contribution in [0.4, 0.5) is 24.5 Å². The molecule has 3 aromatic carbocycles. The zero-order chi connectivity index (χ0) is 23.3. The maximum Gasteiger partial charge on any atom is 0.416 e. The lowest BCUT2D eigenvalue weighted by Gasteiger charge is -2.09. The minimum Gasteiger partial charge on any atom is -0.488 e. The molecule has 0 amide bonds. The molecule has 3 aromatic rings. The van der Waals surface area contributed by atoms with Crippen LogP contribution >= 0.6 is 38.5 Å². The van der Waals surface area contributed by atoms with E-state index in [-0.39, 0.29) is 5.69 Å². The van der Waals surface area contributed by atoms with Crippen molar-refractivity contribution in [2.45, 2.75) is 12.8 Å². The van der Waals surface area contributed by atoms with Crippen LogP contribution in [0.25, 0.3) is 0 Å². The number of ether oxygens (including phenoxy) is 1. The molecule has 0 aromatic heterocycles. The molecular weight excluding hydrogens is 606 g/mol. The van der Waals surface area contributed by atoms with Gasteiger partial charge in [-0.1, -0.05) is 28.1 Å². The third kappa shape index (κ3) is 6.42. The van der Waals surface area contributed by atoms with Gasteiger partial charge in [0.2, 0.25) is 0 Å². The number of benzene rings is 3. The van der Waals surface area contributed by atoms with E-state index in [9.17, 15) is 23.3 Å². The fourth-order valence-corrected chi connectivity index (χ4v) is 3.55. The fraction of sp³-hybridized carbons (Fsp3) is 0.0952. The number of nitro benzene ring substituents is 1. The lowest BCUT2D eigenvalue weighted by Crippen LogP contribution is -2.06. The van der Waals surface area contributed by atoms with E-state index in [4.69, 9.17) is 4.74 Å². The Morgan fingerprint density at radius 1 is 1.12 bits per heavy atom. The Bertz CT molecular complexity index is 1160. The predicted octanol–water partition coefficient (Wildman–Crippen LogP) is 7.01. The average molecular weight is 620 g/mol. The van der Waals surface area contributed by atoms with E-state index in [2.05, 4.69) is 49.0 Å². The molecule has 0 unspecified atom stereocenters. The molecule has 0 aliphatic carbocycles. The predicted molar refractivity (Wildman–Crippen MR) is 127 cm³/mol. The Hall–Kier alpha value is -2.67. The number of anilines is 1. The summed E-state index contributed by atoms with van der Waals surface area (Å²) in [5, 5.41) is 15.0. The molecule has 0 heterocycles. The van der Waals surface area contributed by atoms with Crippen molar-refractivity contribution >= 4 is 56.1 Å². The molecular formula is C21H14BrF3IN3O3. The zero-order valence-electron chi connectivity index (χ0n) is 16.1. The largest absolute Gasteiger partial charge is 0.488 e. The summed E-state index contributed by atoms with van der Waals surface area (Å²) in [6.45, 7) is 0.399. The third-order valence-corrected chi connectivity index (χ3v) is 5.56. The number of hydrogen-bond donors (Lipinski definition) is 1. The van der Waals surface area contributed by atoms with Crippen LogP contribution < -0.4 is 10.2 Å². The molecule has 0 radical (unpaired) electrons. The Morgan fingerprint density at radius 2 is 1.84 bits per heavy atom. The van der Waals surface area contributed by atoms with Crippen LogP contribution in [0.15, 0.2) is 70.2 Å². The summed E-state index contributed by atoms with van der Waals surface area (Å²) in [5.41, 5.74) is 2.14. The zero-order valence-corrected chi connectivity index (χ0v) is 19.8. The van der Waals surface area contributed by atoms with E-state index in [0.29, 0.717) is 24.0 Å². The van der Waals surface area contributed by atoms with Gasteiger partial charge in [-0.2, -0.15) is 18.3 Å². The minimum atomic E-state index is -4.68. The number of halogens is 5. The maximum atomic E-state index is 12.8. The number of hydrazone groups is 1. The lowest BCUT2D eigenvalue weighted by molar-refractivity contribution is -0.384. The first kappa shape index (κ1) is 24.0. The van der Waals surface area contributed by atoms with E-state index in [1.807, 2.05) is 24.3 Å². The summed E-state index contributed by atoms with van der Waals surface area (Å²) >= 11 is 5.49. The molecule has 0 aliphatic heterocycles. The van der Waals surface area contributed by atoms with Crippen molar-refractivity contribution in [1.82, 2.24) is 0 Å². The smallest absolute Gasteiger partial charge is 0.416 e. The van der Waals surface area contributed by atoms with E-state index in [1.165, 1.54) is 6.21 Å². The van der Waals surface area contributed by atoms with Crippen LogP contribution in [0, 0.1) is 13.7 Å². The Kier molecular flexibility index (Phi) is 7.72. The van der Waals surface area contributed by atoms with Gasteiger partial charge in [-0.05, 0) is 76.2 Å². The molecule has 0 spiro atoms. The molecule has 0 saturated carbocycles. The van der Waals surface area contributed by atoms with Crippen molar-refractivity contribution in [3.05, 3.63) is 95.5 Å². The highest BCUT2D eigenvalue weighted by Gasteiger charge is 2.33. The molecule has 6 nitrogen and oxygen atoms in total. The van der Waals surface area contributed by atoms with E-state index in [1.54, 1.807) is 18.2 Å². The maximum absolute atomic E-state index is 12.8. The molecule has 0 bridgehead atoms. The highest BCUT2D eigenvalue weighted by molar-refractivity contribution is 14.1. The fourth-order valence-electron chi connectivity index (χ4n) is 2.59. The summed E-state index contributed by atoms with van der Waals surface area (Å²) in [6, 6.07) is 15.3. The molecule has 0 saturated heterocycles. The van der Waals surface area contributed by atoms with Crippen molar-refractivity contribution in [2.75, 3.05) is 5.43 Å². The Balaban J connectivity index is 1.67. The van der Waals surface area contributed by atoms with Crippen LogP contribution in [-0.4, -0.2) is 11.1 Å². The van der Waals surface area contributed by atoms with Crippen LogP contribution in [0.3, 0.4) is 0 Å². The standard InChI is InChI=1S/C21H14BrF3IN3O3/c22-16-5-1-13(2-6-16)12-32-20-8-3-14(9-17(20)26)11-27-28-18-7-4-15(21(23,24)25)10-19(18)29(30)31/h1-11,28H,12H2/b27-11-. The van der Waals surface area contributed by atoms with E-state index in [0.717, 1.165) is 25.7 Å². The third-order valence-electron chi connectivity index (χ3n) is 4.18. The summed E-state index contributed by atoms with van der Waals surface area (Å²) in [6.07, 6.45) is -3.27. The van der Waals surface area contributed by atoms with Gasteiger partial charge in [0.15, 0.2) is 0 Å². The number of nitro groups is 1. The normalized spacial score (nSPS) is 11.5. The SMILES string of the molecule is O=[N+]([O-])c1cc(C(F)(F)F)ccc1N/N=C\c1ccc(OCc2ccc(Br)cc2)c(I)c1. The molecule has 166 valence electrons. The van der Waals surface area contributed by atoms with Gasteiger partial charge in [-0.15, -0.1) is 0 Å². The number of rotatable bonds is 7. The first-order chi connectivity index (χ1) is 15.1. The van der Waals surface area contributed by atoms with Crippen molar-refractivity contribution in [3.63, 3.8) is 0 Å². The number of alkyl halides is 3. The summed E-state index contributed by atoms with van der Waals surface area (Å²) in [5.74, 6) is 0.678. The summed E-state index contributed by atoms with van der Waals surface area (Å²) < 4.78 is 46.0. The van der Waals surface area contributed by atoms with Gasteiger partial charge < -0.3 is 4.74 Å². The van der Waals surface area contributed by atoms with Gasteiger partial charge in [-0.25, -0.2) is 0 Å². The highest BCUT2D eigenvalue weighted by atomic mass is 127. The van der Waals surface area contributed by atoms with Crippen LogP contribution in [0.2, 0.25) is 0 Å². The van der Waals surface area contributed by atoms with Gasteiger partial charge >= 0.3 is 6.18 Å². The van der Waals surface area contributed by atoms with Gasteiger partial charge in [0.05, 0.1) is 20.3 Å². The van der Waals surface area contributed by atoms with Crippen molar-refractivity contribution in [2.24, 2.45) is 5.10 Å². The molecule has 3 rings (SSSR count). The number of nitrogens with zero attached hydrogens (tertiary/aromatic N) is 2. The molecule has 0 atom stereocenters. The molecule has 0 aliphatic rings. The quantitative estimate of drug-likeness (QED) is 0.134. The second-order valence-corrected chi connectivity index (χ2v) is 8.54. The number of nitrogens with one attached hydrogen (secondary N) is 1. The number of hydrogen-bond acceptors (Lipinski definition) is 5. The molecule has 32 heavy (non-hydrogen) atoms. The first-order valence-corrected chi connectivity index (χ1v) is 10.8. The second kappa shape index (κ2) is 10.3. The monoisotopic (exact) mass is 619 g/mol. The summed E-state index contributed by atoms with van der Waals surface area (Å²) in [7, 11) is 0. The average Bonchev–Trinajstić information content (AvgIpc) is 2.73. The lowest BCUT2D eigenvalue weighted by atomic mass is 10.1. The van der Waals surface area contributed by atoms with E-state index >= 15 is 0 Å². The second-order valence-electron chi connectivity index (χ2n) is 6.46. The van der Waals surface area contributed by atoms with Gasteiger partial charge in [0, 0.05) is 10.5 Å². The van der Waals surface area contributed by atoms with Crippen molar-refractivity contribution in [3.8, 4) is 5.75 Å². The Morgan fingerprint density at radius 3 is 2.47 bits per heavy atom. The Labute approximate surface area is 202 Å².